The van der Waals surface area contributed by atoms with Gasteiger partial charge in [-0.3, -0.25) is 14.4 Å². The normalized spacial score (nSPS) is 19.9. The first-order chi connectivity index (χ1) is 13.1. The first-order valence-corrected chi connectivity index (χ1v) is 9.48. The third-order valence-corrected chi connectivity index (χ3v) is 4.91. The number of methoxy groups -OCH3 is 1. The van der Waals surface area contributed by atoms with Crippen LogP contribution < -0.4 is 5.32 Å². The number of ether oxygens (including phenoxy) is 1. The highest BCUT2D eigenvalue weighted by Crippen LogP contribution is 2.31. The molecule has 1 unspecified atom stereocenters. The number of aliphatic carboxylic acids is 1. The second-order valence-electron chi connectivity index (χ2n) is 8.67. The third-order valence-electron chi connectivity index (χ3n) is 4.91. The van der Waals surface area contributed by atoms with Gasteiger partial charge >= 0.3 is 5.97 Å². The van der Waals surface area contributed by atoms with Crippen molar-refractivity contribution < 1.29 is 24.2 Å². The van der Waals surface area contributed by atoms with Crippen LogP contribution in [0.15, 0.2) is 24.3 Å². The molecule has 1 aliphatic heterocycles. The molecule has 1 fully saturated rings. The number of amides is 2. The van der Waals surface area contributed by atoms with E-state index < -0.39 is 11.4 Å². The van der Waals surface area contributed by atoms with E-state index in [4.69, 9.17) is 4.74 Å². The minimum atomic E-state index is -1.07. The summed E-state index contributed by atoms with van der Waals surface area (Å²) < 4.78 is 5.11. The molecular weight excluding hydrogens is 360 g/mol. The molecular formula is C21H30N2O5. The highest BCUT2D eigenvalue weighted by atomic mass is 16.5. The van der Waals surface area contributed by atoms with Crippen LogP contribution >= 0.6 is 0 Å². The molecule has 0 spiro atoms. The summed E-state index contributed by atoms with van der Waals surface area (Å²) in [6.45, 7) is 7.35. The lowest BCUT2D eigenvalue weighted by Gasteiger charge is -2.39. The molecule has 0 saturated carbocycles. The van der Waals surface area contributed by atoms with Crippen LogP contribution in [0.1, 0.15) is 54.3 Å². The van der Waals surface area contributed by atoms with Crippen LogP contribution in [0.5, 0.6) is 0 Å². The topological polar surface area (TPSA) is 95.9 Å². The SMILES string of the molecule is COCC1(C(=O)O)CCCN(C(=O)c2ccc(C(=O)NCC(C)(C)C)cc2)C1. The maximum absolute atomic E-state index is 12.8. The quantitative estimate of drug-likeness (QED) is 0.778. The molecule has 1 aliphatic rings. The van der Waals surface area contributed by atoms with Crippen LogP contribution in [0.3, 0.4) is 0 Å². The number of likely N-dealkylation sites (tertiary alicyclic amines) is 1. The van der Waals surface area contributed by atoms with Crippen molar-refractivity contribution in [2.75, 3.05) is 33.4 Å². The molecule has 1 aromatic rings. The predicted octanol–water partition coefficient (Wildman–Crippen LogP) is 2.42. The van der Waals surface area contributed by atoms with Gasteiger partial charge in [0.15, 0.2) is 0 Å². The van der Waals surface area contributed by atoms with E-state index in [9.17, 15) is 19.5 Å². The van der Waals surface area contributed by atoms with Gasteiger partial charge in [0.25, 0.3) is 11.8 Å². The molecule has 1 saturated heterocycles. The van der Waals surface area contributed by atoms with E-state index >= 15 is 0 Å². The molecule has 28 heavy (non-hydrogen) atoms. The minimum Gasteiger partial charge on any atom is -0.481 e. The van der Waals surface area contributed by atoms with Gasteiger partial charge in [-0.1, -0.05) is 20.8 Å². The number of carboxylic acid groups (broad SMARTS) is 1. The largest absolute Gasteiger partial charge is 0.481 e. The van der Waals surface area contributed by atoms with Crippen LogP contribution in [-0.4, -0.2) is 61.1 Å². The Labute approximate surface area is 166 Å². The Morgan fingerprint density at radius 2 is 1.79 bits per heavy atom. The van der Waals surface area contributed by atoms with Gasteiger partial charge in [-0.15, -0.1) is 0 Å². The van der Waals surface area contributed by atoms with Crippen LogP contribution in [0.4, 0.5) is 0 Å². The molecule has 1 aromatic carbocycles. The van der Waals surface area contributed by atoms with Crippen LogP contribution in [0.2, 0.25) is 0 Å². The molecule has 1 heterocycles. The lowest BCUT2D eigenvalue weighted by Crippen LogP contribution is -2.52. The van der Waals surface area contributed by atoms with Crippen molar-refractivity contribution in [2.24, 2.45) is 10.8 Å². The number of nitrogens with one attached hydrogen (secondary N) is 1. The number of hydrogen-bond donors (Lipinski definition) is 2. The van der Waals surface area contributed by atoms with Crippen LogP contribution in [-0.2, 0) is 9.53 Å². The zero-order valence-electron chi connectivity index (χ0n) is 17.1. The van der Waals surface area contributed by atoms with Crippen molar-refractivity contribution >= 4 is 17.8 Å². The van der Waals surface area contributed by atoms with Gasteiger partial charge in [-0.05, 0) is 42.5 Å². The fourth-order valence-electron chi connectivity index (χ4n) is 3.33. The predicted molar refractivity (Wildman–Crippen MR) is 105 cm³/mol. The van der Waals surface area contributed by atoms with Gasteiger partial charge in [0.2, 0.25) is 0 Å². The summed E-state index contributed by atoms with van der Waals surface area (Å²) >= 11 is 0. The molecule has 2 rings (SSSR count). The second-order valence-corrected chi connectivity index (χ2v) is 8.67. The van der Waals surface area contributed by atoms with Crippen molar-refractivity contribution in [3.8, 4) is 0 Å². The first-order valence-electron chi connectivity index (χ1n) is 9.48. The van der Waals surface area contributed by atoms with Crippen molar-refractivity contribution in [3.63, 3.8) is 0 Å². The summed E-state index contributed by atoms with van der Waals surface area (Å²) in [6, 6.07) is 6.47. The number of piperidine rings is 1. The van der Waals surface area contributed by atoms with E-state index in [0.717, 1.165) is 0 Å². The van der Waals surface area contributed by atoms with Gasteiger partial charge in [0.05, 0.1) is 6.61 Å². The maximum Gasteiger partial charge on any atom is 0.313 e. The minimum absolute atomic E-state index is 0.0152. The molecule has 0 bridgehead atoms. The Kier molecular flexibility index (Phi) is 6.82. The number of carboxylic acids is 1. The fourth-order valence-corrected chi connectivity index (χ4v) is 3.33. The number of benzene rings is 1. The summed E-state index contributed by atoms with van der Waals surface area (Å²) in [7, 11) is 1.47. The molecule has 0 aromatic heterocycles. The number of rotatable bonds is 6. The monoisotopic (exact) mass is 390 g/mol. The average Bonchev–Trinajstić information content (AvgIpc) is 2.65. The smallest absolute Gasteiger partial charge is 0.313 e. The Morgan fingerprint density at radius 1 is 1.18 bits per heavy atom. The zero-order chi connectivity index (χ0) is 20.9. The van der Waals surface area contributed by atoms with E-state index in [2.05, 4.69) is 5.32 Å². The van der Waals surface area contributed by atoms with E-state index in [1.165, 1.54) is 7.11 Å². The Bertz CT molecular complexity index is 719. The lowest BCUT2D eigenvalue weighted by molar-refractivity contribution is -0.155. The molecule has 0 aliphatic carbocycles. The van der Waals surface area contributed by atoms with E-state index in [0.29, 0.717) is 37.1 Å². The number of carbonyl (C=O) groups is 3. The van der Waals surface area contributed by atoms with Crippen molar-refractivity contribution in [1.82, 2.24) is 10.2 Å². The first kappa shape index (κ1) is 21.9. The lowest BCUT2D eigenvalue weighted by atomic mass is 9.80. The van der Waals surface area contributed by atoms with E-state index in [-0.39, 0.29) is 30.4 Å². The van der Waals surface area contributed by atoms with Crippen molar-refractivity contribution in [1.29, 1.82) is 0 Å². The molecule has 2 amide bonds. The Hall–Kier alpha value is -2.41. The molecule has 2 N–H and O–H groups in total. The van der Waals surface area contributed by atoms with E-state index in [1.807, 2.05) is 20.8 Å². The summed E-state index contributed by atoms with van der Waals surface area (Å²) in [5, 5.41) is 12.5. The van der Waals surface area contributed by atoms with Gasteiger partial charge < -0.3 is 20.1 Å². The van der Waals surface area contributed by atoms with Crippen molar-refractivity contribution in [3.05, 3.63) is 35.4 Å². The van der Waals surface area contributed by atoms with Crippen LogP contribution in [0, 0.1) is 10.8 Å². The van der Waals surface area contributed by atoms with Crippen LogP contribution in [0.25, 0.3) is 0 Å². The molecule has 0 radical (unpaired) electrons. The van der Waals surface area contributed by atoms with E-state index in [1.54, 1.807) is 29.2 Å². The number of hydrogen-bond acceptors (Lipinski definition) is 4. The molecule has 1 atom stereocenters. The standard InChI is InChI=1S/C21H30N2O5/c1-20(2,3)12-22-17(24)15-6-8-16(9-7-15)18(25)23-11-5-10-21(13-23,14-28-4)19(26)27/h6-9H,5,10-14H2,1-4H3,(H,22,24)(H,26,27). The third kappa shape index (κ3) is 5.32. The van der Waals surface area contributed by atoms with Crippen molar-refractivity contribution in [2.45, 2.75) is 33.6 Å². The molecule has 7 nitrogen and oxygen atoms in total. The average molecular weight is 390 g/mol. The summed E-state index contributed by atoms with van der Waals surface area (Å²) in [6.07, 6.45) is 1.08. The highest BCUT2D eigenvalue weighted by molar-refractivity contribution is 5.98. The van der Waals surface area contributed by atoms with Gasteiger partial charge in [-0.25, -0.2) is 0 Å². The Morgan fingerprint density at radius 3 is 2.32 bits per heavy atom. The molecule has 7 heteroatoms. The molecule has 154 valence electrons. The summed E-state index contributed by atoms with van der Waals surface area (Å²) in [5.74, 6) is -1.36. The zero-order valence-corrected chi connectivity index (χ0v) is 17.1. The number of nitrogens with zero attached hydrogens (tertiary/aromatic N) is 1. The summed E-state index contributed by atoms with van der Waals surface area (Å²) in [5.41, 5.74) is -0.168. The number of carbonyl (C=O) groups excluding carboxylic acids is 2. The highest BCUT2D eigenvalue weighted by Gasteiger charge is 2.44. The second kappa shape index (κ2) is 8.73. The van der Waals surface area contributed by atoms with Gasteiger partial charge in [0.1, 0.15) is 5.41 Å². The summed E-state index contributed by atoms with van der Waals surface area (Å²) in [4.78, 5) is 38.4. The Balaban J connectivity index is 2.08. The van der Waals surface area contributed by atoms with Gasteiger partial charge in [-0.2, -0.15) is 0 Å². The fraction of sp³-hybridized carbons (Fsp3) is 0.571. The van der Waals surface area contributed by atoms with Gasteiger partial charge in [0, 0.05) is 37.9 Å². The maximum atomic E-state index is 12.8.